The van der Waals surface area contributed by atoms with E-state index in [1.54, 1.807) is 38.3 Å². The maximum absolute atomic E-state index is 2.62. The molecule has 0 heteroatoms. The number of fused-ring (bicyclic) bond motifs is 8. The molecule has 0 saturated carbocycles. The van der Waals surface area contributed by atoms with Crippen molar-refractivity contribution in [2.75, 3.05) is 0 Å². The van der Waals surface area contributed by atoms with E-state index in [1.165, 1.54) is 25.7 Å². The van der Waals surface area contributed by atoms with Crippen molar-refractivity contribution in [3.05, 3.63) is 56.5 Å². The second-order valence-corrected chi connectivity index (χ2v) is 12.7. The Hall–Kier alpha value is -1.56. The second-order valence-electron chi connectivity index (χ2n) is 12.7. The van der Waals surface area contributed by atoms with E-state index < -0.39 is 0 Å². The van der Waals surface area contributed by atoms with Gasteiger partial charge in [0, 0.05) is 16.7 Å². The normalized spacial score (nSPS) is 28.8. The first-order valence-corrected chi connectivity index (χ1v) is 11.7. The summed E-state index contributed by atoms with van der Waals surface area (Å²) < 4.78 is 0. The van der Waals surface area contributed by atoms with Crippen molar-refractivity contribution in [3.8, 4) is 0 Å². The standard InChI is InChI=1S/C29H38/c1-26(2)11-9-19-18(16-26)15-21-22-17-27(3,4)12-10-20(22)24-25(23(19)21)29(7,8)14-13-28(24,5)6/h13-17,19H,9-12H2,1-8H3. The summed E-state index contributed by atoms with van der Waals surface area (Å²) in [6.07, 6.45) is 17.8. The number of hydrogen-bond acceptors (Lipinski definition) is 0. The zero-order chi connectivity index (χ0) is 21.0. The fourth-order valence-corrected chi connectivity index (χ4v) is 6.61. The molecule has 0 saturated heterocycles. The third kappa shape index (κ3) is 2.77. The second kappa shape index (κ2) is 5.57. The summed E-state index contributed by atoms with van der Waals surface area (Å²) >= 11 is 0. The minimum absolute atomic E-state index is 0.104. The first kappa shape index (κ1) is 19.4. The van der Waals surface area contributed by atoms with Crippen molar-refractivity contribution in [1.82, 2.24) is 0 Å². The van der Waals surface area contributed by atoms with Crippen molar-refractivity contribution in [3.63, 3.8) is 0 Å². The Bertz CT molecular complexity index is 1100. The summed E-state index contributed by atoms with van der Waals surface area (Å²) in [4.78, 5) is 0. The highest BCUT2D eigenvalue weighted by atomic mass is 14.5. The van der Waals surface area contributed by atoms with Crippen molar-refractivity contribution < 1.29 is 0 Å². The molecular weight excluding hydrogens is 348 g/mol. The van der Waals surface area contributed by atoms with Crippen LogP contribution in [0.2, 0.25) is 0 Å². The molecule has 0 spiro atoms. The molecule has 4 aliphatic carbocycles. The largest absolute Gasteiger partial charge is 0.0776 e. The summed E-state index contributed by atoms with van der Waals surface area (Å²) in [5.41, 5.74) is 9.06. The maximum atomic E-state index is 2.62. The van der Waals surface area contributed by atoms with Gasteiger partial charge in [-0.2, -0.15) is 0 Å². The Morgan fingerprint density at radius 1 is 0.724 bits per heavy atom. The minimum Gasteiger partial charge on any atom is -0.0776 e. The van der Waals surface area contributed by atoms with Crippen LogP contribution in [0.1, 0.15) is 103 Å². The summed E-state index contributed by atoms with van der Waals surface area (Å²) in [6, 6.07) is 0. The van der Waals surface area contributed by atoms with Crippen LogP contribution in [-0.4, -0.2) is 0 Å². The highest BCUT2D eigenvalue weighted by Crippen LogP contribution is 2.51. The van der Waals surface area contributed by atoms with Crippen LogP contribution in [0.5, 0.6) is 0 Å². The summed E-state index contributed by atoms with van der Waals surface area (Å²) in [6.45, 7) is 19.4. The predicted molar refractivity (Wildman–Crippen MR) is 126 cm³/mol. The molecule has 1 unspecified atom stereocenters. The van der Waals surface area contributed by atoms with E-state index in [1.807, 2.05) is 0 Å². The van der Waals surface area contributed by atoms with Crippen molar-refractivity contribution in [1.29, 1.82) is 0 Å². The Balaban J connectivity index is 1.96. The van der Waals surface area contributed by atoms with E-state index in [9.17, 15) is 0 Å². The van der Waals surface area contributed by atoms with Crippen LogP contribution in [0.3, 0.4) is 0 Å². The van der Waals surface area contributed by atoms with Gasteiger partial charge in [-0.05, 0) is 74.8 Å². The monoisotopic (exact) mass is 386 g/mol. The average Bonchev–Trinajstić information content (AvgIpc) is 2.94. The van der Waals surface area contributed by atoms with Gasteiger partial charge in [-0.3, -0.25) is 0 Å². The number of benzene rings is 1. The van der Waals surface area contributed by atoms with Crippen LogP contribution >= 0.6 is 0 Å². The minimum atomic E-state index is 0.104. The molecule has 29 heavy (non-hydrogen) atoms. The summed E-state index contributed by atoms with van der Waals surface area (Å²) in [5, 5.41) is 3.14. The predicted octanol–water partition coefficient (Wildman–Crippen LogP) is 6.19. The fraction of sp³-hybridized carbons (Fsp3) is 0.586. The smallest absolute Gasteiger partial charge is 0.00962 e. The van der Waals surface area contributed by atoms with Crippen LogP contribution in [0.4, 0.5) is 0 Å². The lowest BCUT2D eigenvalue weighted by Crippen LogP contribution is -2.44. The Morgan fingerprint density at radius 2 is 1.34 bits per heavy atom. The lowest BCUT2D eigenvalue weighted by molar-refractivity contribution is 0.383. The molecule has 1 aromatic rings. The van der Waals surface area contributed by atoms with E-state index in [0.717, 1.165) is 0 Å². The Labute approximate surface area is 177 Å². The highest BCUT2D eigenvalue weighted by Gasteiger charge is 2.43. The topological polar surface area (TPSA) is 0 Å². The van der Waals surface area contributed by atoms with Gasteiger partial charge >= 0.3 is 0 Å². The van der Waals surface area contributed by atoms with Gasteiger partial charge in [0.15, 0.2) is 0 Å². The molecule has 5 rings (SSSR count). The maximum Gasteiger partial charge on any atom is 0.00962 e. The van der Waals surface area contributed by atoms with E-state index in [-0.39, 0.29) is 16.2 Å². The Kier molecular flexibility index (Phi) is 3.73. The van der Waals surface area contributed by atoms with Crippen molar-refractivity contribution in [2.45, 2.75) is 97.8 Å². The quantitative estimate of drug-likeness (QED) is 0.466. The van der Waals surface area contributed by atoms with E-state index in [0.29, 0.717) is 11.3 Å². The first-order valence-electron chi connectivity index (χ1n) is 11.7. The van der Waals surface area contributed by atoms with Gasteiger partial charge in [-0.1, -0.05) is 85.8 Å². The number of hydrogen-bond donors (Lipinski definition) is 0. The molecule has 1 atom stereocenters. The van der Waals surface area contributed by atoms with Gasteiger partial charge in [0.25, 0.3) is 0 Å². The highest BCUT2D eigenvalue weighted by molar-refractivity contribution is 5.70. The van der Waals surface area contributed by atoms with Crippen LogP contribution in [0.25, 0.3) is 12.2 Å². The number of allylic oxidation sites excluding steroid dienone is 4. The summed E-state index contributed by atoms with van der Waals surface area (Å²) in [5.74, 6) is 0.595. The molecule has 154 valence electrons. The molecule has 0 nitrogen and oxygen atoms in total. The van der Waals surface area contributed by atoms with Crippen LogP contribution < -0.4 is 10.4 Å². The lowest BCUT2D eigenvalue weighted by Gasteiger charge is -2.43. The summed E-state index contributed by atoms with van der Waals surface area (Å²) in [7, 11) is 0. The zero-order valence-electron chi connectivity index (χ0n) is 19.8. The molecule has 0 radical (unpaired) electrons. The van der Waals surface area contributed by atoms with Gasteiger partial charge < -0.3 is 0 Å². The molecule has 0 N–H and O–H groups in total. The molecular formula is C29H38. The van der Waals surface area contributed by atoms with Crippen LogP contribution in [-0.2, 0) is 17.3 Å². The van der Waals surface area contributed by atoms with Gasteiger partial charge in [0.2, 0.25) is 0 Å². The van der Waals surface area contributed by atoms with Gasteiger partial charge in [0.05, 0.1) is 0 Å². The first-order chi connectivity index (χ1) is 13.3. The SMILES string of the molecule is CC1(C)C=c2c(c3c(c4c2=CC2=CC(C)(C)CCC24)C(C)(C)C=CC3(C)C)CC1. The molecule has 4 aliphatic rings. The molecule has 0 fully saturated rings. The number of rotatable bonds is 0. The van der Waals surface area contributed by atoms with Gasteiger partial charge in [-0.15, -0.1) is 0 Å². The lowest BCUT2D eigenvalue weighted by atomic mass is 9.61. The Morgan fingerprint density at radius 3 is 2.03 bits per heavy atom. The molecule has 0 heterocycles. The molecule has 0 amide bonds. The van der Waals surface area contributed by atoms with Crippen molar-refractivity contribution in [2.24, 2.45) is 10.8 Å². The van der Waals surface area contributed by atoms with Crippen molar-refractivity contribution >= 4 is 12.2 Å². The van der Waals surface area contributed by atoms with E-state index in [4.69, 9.17) is 0 Å². The molecule has 0 aromatic heterocycles. The zero-order valence-corrected chi connectivity index (χ0v) is 19.8. The van der Waals surface area contributed by atoms with E-state index >= 15 is 0 Å². The fourth-order valence-electron chi connectivity index (χ4n) is 6.61. The third-order valence-corrected chi connectivity index (χ3v) is 8.18. The molecule has 0 bridgehead atoms. The third-order valence-electron chi connectivity index (χ3n) is 8.18. The van der Waals surface area contributed by atoms with Crippen LogP contribution in [0.15, 0.2) is 23.8 Å². The van der Waals surface area contributed by atoms with Gasteiger partial charge in [-0.25, -0.2) is 0 Å². The van der Waals surface area contributed by atoms with E-state index in [2.05, 4.69) is 85.8 Å². The van der Waals surface area contributed by atoms with Crippen LogP contribution in [0, 0.1) is 10.8 Å². The van der Waals surface area contributed by atoms with Gasteiger partial charge in [0.1, 0.15) is 0 Å². The molecule has 0 aliphatic heterocycles. The average molecular weight is 387 g/mol. The molecule has 1 aromatic carbocycles.